The van der Waals surface area contributed by atoms with Crippen molar-refractivity contribution >= 4 is 11.7 Å². The summed E-state index contributed by atoms with van der Waals surface area (Å²) in [5, 5.41) is 2.89. The fraction of sp³-hybridized carbons (Fsp3) is 0.429. The zero-order chi connectivity index (χ0) is 22.4. The molecule has 31 heavy (non-hydrogen) atoms. The second-order valence-electron chi connectivity index (χ2n) is 7.13. The topological polar surface area (TPSA) is 66.9 Å². The molecule has 0 spiro atoms. The molecule has 1 fully saturated rings. The normalized spacial score (nSPS) is 14.9. The molecule has 0 saturated carbocycles. The van der Waals surface area contributed by atoms with Crippen molar-refractivity contribution in [3.05, 3.63) is 47.7 Å². The molecule has 1 aliphatic rings. The molecule has 0 aliphatic carbocycles. The van der Waals surface area contributed by atoms with Crippen LogP contribution in [-0.4, -0.2) is 62.7 Å². The van der Waals surface area contributed by atoms with Crippen molar-refractivity contribution in [2.24, 2.45) is 0 Å². The molecule has 0 bridgehead atoms. The van der Waals surface area contributed by atoms with Crippen molar-refractivity contribution in [3.8, 4) is 11.5 Å². The molecule has 1 amide bonds. The number of piperazine rings is 1. The number of ether oxygens (including phenoxy) is 2. The summed E-state index contributed by atoms with van der Waals surface area (Å²) >= 11 is 0. The van der Waals surface area contributed by atoms with Crippen molar-refractivity contribution < 1.29 is 27.4 Å². The zero-order valence-corrected chi connectivity index (χ0v) is 17.4. The predicted octanol–water partition coefficient (Wildman–Crippen LogP) is 2.56. The Bertz CT molecular complexity index is 882. The number of hydrogen-bond acceptors (Lipinski definition) is 6. The van der Waals surface area contributed by atoms with E-state index < -0.39 is 11.7 Å². The van der Waals surface area contributed by atoms with Gasteiger partial charge >= 0.3 is 6.18 Å². The molecule has 1 N–H and O–H groups in total. The van der Waals surface area contributed by atoms with Crippen LogP contribution < -0.4 is 19.7 Å². The molecule has 1 aliphatic heterocycles. The van der Waals surface area contributed by atoms with Crippen molar-refractivity contribution in [1.29, 1.82) is 0 Å². The van der Waals surface area contributed by atoms with Crippen molar-refractivity contribution in [2.45, 2.75) is 12.7 Å². The number of hydrogen-bond donors (Lipinski definition) is 1. The first-order chi connectivity index (χ1) is 14.8. The number of rotatable bonds is 7. The Labute approximate surface area is 178 Å². The number of carbonyl (C=O) groups excluding carboxylic acids is 1. The molecule has 1 saturated heterocycles. The number of alkyl halides is 3. The van der Waals surface area contributed by atoms with Gasteiger partial charge in [-0.3, -0.25) is 9.69 Å². The van der Waals surface area contributed by atoms with Gasteiger partial charge in [0.25, 0.3) is 0 Å². The van der Waals surface area contributed by atoms with Gasteiger partial charge in [-0.05, 0) is 29.8 Å². The van der Waals surface area contributed by atoms with Crippen LogP contribution in [0.3, 0.4) is 0 Å². The first-order valence-electron chi connectivity index (χ1n) is 9.78. The molecule has 2 heterocycles. The molecule has 0 unspecified atom stereocenters. The van der Waals surface area contributed by atoms with Gasteiger partial charge < -0.3 is 19.7 Å². The van der Waals surface area contributed by atoms with E-state index in [1.807, 2.05) is 21.9 Å². The van der Waals surface area contributed by atoms with Crippen LogP contribution in [0, 0.1) is 0 Å². The maximum Gasteiger partial charge on any atom is 0.417 e. The van der Waals surface area contributed by atoms with Crippen LogP contribution >= 0.6 is 0 Å². The number of amides is 1. The minimum atomic E-state index is -4.39. The maximum atomic E-state index is 12.7. The van der Waals surface area contributed by atoms with Gasteiger partial charge in [0.15, 0.2) is 11.5 Å². The third kappa shape index (κ3) is 6.00. The van der Waals surface area contributed by atoms with E-state index in [4.69, 9.17) is 9.47 Å². The lowest BCUT2D eigenvalue weighted by Gasteiger charge is -2.35. The monoisotopic (exact) mass is 438 g/mol. The number of halogens is 3. The van der Waals surface area contributed by atoms with Gasteiger partial charge in [-0.25, -0.2) is 4.98 Å². The SMILES string of the molecule is COc1ccc(CNC(=O)CN2CCN(c3ccc(C(F)(F)F)cn3)CC2)cc1OC. The van der Waals surface area contributed by atoms with Crippen LogP contribution in [0.25, 0.3) is 0 Å². The van der Waals surface area contributed by atoms with Gasteiger partial charge in [0, 0.05) is 38.9 Å². The lowest BCUT2D eigenvalue weighted by atomic mass is 10.2. The standard InChI is InChI=1S/C21H25F3N4O3/c1-30-17-5-3-15(11-18(17)31-2)12-26-20(29)14-27-7-9-28(10-8-27)19-6-4-16(13-25-19)21(22,23)24/h3-6,11,13H,7-10,12,14H2,1-2H3,(H,26,29). The number of nitrogens with zero attached hydrogens (tertiary/aromatic N) is 3. The lowest BCUT2D eigenvalue weighted by Crippen LogP contribution is -2.49. The Hall–Kier alpha value is -3.01. The smallest absolute Gasteiger partial charge is 0.417 e. The van der Waals surface area contributed by atoms with E-state index in [9.17, 15) is 18.0 Å². The Kier molecular flexibility index (Phi) is 7.21. The van der Waals surface area contributed by atoms with Gasteiger partial charge in [0.1, 0.15) is 5.82 Å². The third-order valence-electron chi connectivity index (χ3n) is 5.08. The van der Waals surface area contributed by atoms with Gasteiger partial charge in [-0.2, -0.15) is 13.2 Å². The van der Waals surface area contributed by atoms with Crippen LogP contribution in [0.2, 0.25) is 0 Å². The van der Waals surface area contributed by atoms with Crippen LogP contribution in [0.5, 0.6) is 11.5 Å². The van der Waals surface area contributed by atoms with Crippen molar-refractivity contribution in [2.75, 3.05) is 51.8 Å². The Balaban J connectivity index is 1.45. The lowest BCUT2D eigenvalue weighted by molar-refractivity contribution is -0.137. The molecule has 3 rings (SSSR count). The van der Waals surface area contributed by atoms with Crippen LogP contribution in [-0.2, 0) is 17.5 Å². The van der Waals surface area contributed by atoms with Crippen molar-refractivity contribution in [1.82, 2.24) is 15.2 Å². The number of nitrogens with one attached hydrogen (secondary N) is 1. The van der Waals surface area contributed by atoms with Gasteiger partial charge in [-0.1, -0.05) is 6.07 Å². The van der Waals surface area contributed by atoms with E-state index in [1.54, 1.807) is 20.3 Å². The fourth-order valence-corrected chi connectivity index (χ4v) is 3.33. The average molecular weight is 438 g/mol. The first-order valence-corrected chi connectivity index (χ1v) is 9.78. The highest BCUT2D eigenvalue weighted by molar-refractivity contribution is 5.78. The third-order valence-corrected chi connectivity index (χ3v) is 5.08. The summed E-state index contributed by atoms with van der Waals surface area (Å²) in [5.74, 6) is 1.63. The number of carbonyl (C=O) groups is 1. The summed E-state index contributed by atoms with van der Waals surface area (Å²) in [4.78, 5) is 20.2. The second-order valence-corrected chi connectivity index (χ2v) is 7.13. The number of pyridine rings is 1. The summed E-state index contributed by atoms with van der Waals surface area (Å²) in [6, 6.07) is 7.88. The Morgan fingerprint density at radius 2 is 1.77 bits per heavy atom. The largest absolute Gasteiger partial charge is 0.493 e. The van der Waals surface area contributed by atoms with Gasteiger partial charge in [0.05, 0.1) is 26.3 Å². The number of benzene rings is 1. The van der Waals surface area contributed by atoms with Crippen LogP contribution in [0.15, 0.2) is 36.5 Å². The molecule has 2 aromatic rings. The zero-order valence-electron chi connectivity index (χ0n) is 17.4. The number of methoxy groups -OCH3 is 2. The van der Waals surface area contributed by atoms with Crippen molar-refractivity contribution in [3.63, 3.8) is 0 Å². The van der Waals surface area contributed by atoms with E-state index in [1.165, 1.54) is 6.07 Å². The van der Waals surface area contributed by atoms with E-state index in [0.29, 0.717) is 50.0 Å². The van der Waals surface area contributed by atoms with E-state index >= 15 is 0 Å². The summed E-state index contributed by atoms with van der Waals surface area (Å²) in [6.07, 6.45) is -3.54. The first kappa shape index (κ1) is 22.7. The minimum Gasteiger partial charge on any atom is -0.493 e. The molecule has 0 atom stereocenters. The van der Waals surface area contributed by atoms with Gasteiger partial charge in [0.2, 0.25) is 5.91 Å². The van der Waals surface area contributed by atoms with Crippen LogP contribution in [0.1, 0.15) is 11.1 Å². The number of anilines is 1. The average Bonchev–Trinajstić information content (AvgIpc) is 2.77. The van der Waals surface area contributed by atoms with E-state index in [2.05, 4.69) is 10.3 Å². The minimum absolute atomic E-state index is 0.101. The summed E-state index contributed by atoms with van der Waals surface area (Å²) in [6.45, 7) is 3.03. The molecule has 0 radical (unpaired) electrons. The molecule has 7 nitrogen and oxygen atoms in total. The van der Waals surface area contributed by atoms with E-state index in [0.717, 1.165) is 17.8 Å². The van der Waals surface area contributed by atoms with Gasteiger partial charge in [-0.15, -0.1) is 0 Å². The summed E-state index contributed by atoms with van der Waals surface area (Å²) in [7, 11) is 3.12. The fourth-order valence-electron chi connectivity index (χ4n) is 3.33. The highest BCUT2D eigenvalue weighted by Crippen LogP contribution is 2.29. The summed E-state index contributed by atoms with van der Waals surface area (Å²) < 4.78 is 48.5. The second kappa shape index (κ2) is 9.86. The summed E-state index contributed by atoms with van der Waals surface area (Å²) in [5.41, 5.74) is 0.130. The number of aromatic nitrogens is 1. The Morgan fingerprint density at radius 1 is 1.06 bits per heavy atom. The molecule has 1 aromatic carbocycles. The molecule has 10 heteroatoms. The highest BCUT2D eigenvalue weighted by Gasteiger charge is 2.31. The molecule has 1 aromatic heterocycles. The highest BCUT2D eigenvalue weighted by atomic mass is 19.4. The molecular formula is C21H25F3N4O3. The predicted molar refractivity (Wildman–Crippen MR) is 109 cm³/mol. The quantitative estimate of drug-likeness (QED) is 0.717. The van der Waals surface area contributed by atoms with E-state index in [-0.39, 0.29) is 12.5 Å². The molecular weight excluding hydrogens is 413 g/mol. The maximum absolute atomic E-state index is 12.7. The molecule has 168 valence electrons. The Morgan fingerprint density at radius 3 is 2.35 bits per heavy atom. The van der Waals surface area contributed by atoms with Crippen LogP contribution in [0.4, 0.5) is 19.0 Å².